The summed E-state index contributed by atoms with van der Waals surface area (Å²) in [6.45, 7) is 6.39. The molecule has 5 aromatic rings. The van der Waals surface area contributed by atoms with Gasteiger partial charge in [-0.1, -0.05) is 6.07 Å². The van der Waals surface area contributed by atoms with E-state index < -0.39 is 0 Å². The third-order valence-electron chi connectivity index (χ3n) is 7.26. The second-order valence-corrected chi connectivity index (χ2v) is 9.45. The van der Waals surface area contributed by atoms with Gasteiger partial charge in [-0.15, -0.1) is 5.10 Å². The van der Waals surface area contributed by atoms with E-state index in [0.717, 1.165) is 46.9 Å². The highest BCUT2D eigenvalue weighted by Crippen LogP contribution is 2.39. The molecule has 1 aliphatic rings. The number of ether oxygens (including phenoxy) is 2. The van der Waals surface area contributed by atoms with Crippen molar-refractivity contribution in [2.75, 3.05) is 20.3 Å². The number of methoxy groups -OCH3 is 1. The molecule has 0 aliphatic carbocycles. The van der Waals surface area contributed by atoms with E-state index in [1.807, 2.05) is 40.6 Å². The van der Waals surface area contributed by atoms with Crippen LogP contribution in [0.5, 0.6) is 5.75 Å². The summed E-state index contributed by atoms with van der Waals surface area (Å²) in [5.74, 6) is 0.228. The predicted octanol–water partition coefficient (Wildman–Crippen LogP) is 5.20. The van der Waals surface area contributed by atoms with E-state index in [1.165, 1.54) is 6.07 Å². The van der Waals surface area contributed by atoms with Gasteiger partial charge in [-0.25, -0.2) is 9.37 Å². The van der Waals surface area contributed by atoms with E-state index in [9.17, 15) is 0 Å². The third kappa shape index (κ3) is 3.62. The van der Waals surface area contributed by atoms with Gasteiger partial charge in [0.2, 0.25) is 0 Å². The van der Waals surface area contributed by atoms with Crippen LogP contribution in [0.15, 0.2) is 49.1 Å². The first kappa shape index (κ1) is 22.6. The molecular formula is C27H27FN6O2. The van der Waals surface area contributed by atoms with Crippen LogP contribution in [-0.4, -0.2) is 49.9 Å². The van der Waals surface area contributed by atoms with Crippen LogP contribution >= 0.6 is 0 Å². The number of aromatic nitrogens is 6. The molecule has 0 N–H and O–H groups in total. The number of benzene rings is 2. The maximum Gasteiger partial charge on any atom is 0.183 e. The van der Waals surface area contributed by atoms with E-state index in [0.29, 0.717) is 35.7 Å². The highest BCUT2D eigenvalue weighted by atomic mass is 19.1. The lowest BCUT2D eigenvalue weighted by molar-refractivity contribution is 0.0244. The number of hydrogen-bond acceptors (Lipinski definition) is 6. The summed E-state index contributed by atoms with van der Waals surface area (Å²) in [7, 11) is 1.59. The van der Waals surface area contributed by atoms with E-state index >= 15 is 4.39 Å². The fourth-order valence-electron chi connectivity index (χ4n) is 4.96. The molecule has 0 unspecified atom stereocenters. The van der Waals surface area contributed by atoms with Crippen LogP contribution in [0, 0.1) is 5.82 Å². The van der Waals surface area contributed by atoms with Gasteiger partial charge in [-0.3, -0.25) is 4.68 Å². The molecule has 2 aromatic carbocycles. The Hall–Kier alpha value is -3.85. The number of aryl methyl sites for hydroxylation is 1. The van der Waals surface area contributed by atoms with Crippen LogP contribution in [0.3, 0.4) is 0 Å². The topological polar surface area (TPSA) is 79.9 Å². The average molecular weight is 487 g/mol. The van der Waals surface area contributed by atoms with Crippen LogP contribution < -0.4 is 4.74 Å². The first-order valence-corrected chi connectivity index (χ1v) is 12.1. The van der Waals surface area contributed by atoms with Gasteiger partial charge in [0.05, 0.1) is 30.7 Å². The normalized spacial score (nSPS) is 15.6. The smallest absolute Gasteiger partial charge is 0.183 e. The number of rotatable bonds is 5. The minimum absolute atomic E-state index is 0.114. The number of hydrogen-bond donors (Lipinski definition) is 0. The highest BCUT2D eigenvalue weighted by Gasteiger charge is 2.30. The van der Waals surface area contributed by atoms with Crippen molar-refractivity contribution in [1.82, 2.24) is 29.5 Å². The van der Waals surface area contributed by atoms with Crippen LogP contribution in [-0.2, 0) is 16.8 Å². The molecule has 3 aromatic heterocycles. The number of nitrogens with zero attached hydrogens (tertiary/aromatic N) is 6. The van der Waals surface area contributed by atoms with Gasteiger partial charge in [0.15, 0.2) is 5.65 Å². The van der Waals surface area contributed by atoms with Crippen molar-refractivity contribution in [2.45, 2.75) is 38.8 Å². The van der Waals surface area contributed by atoms with Gasteiger partial charge in [0.25, 0.3) is 0 Å². The minimum atomic E-state index is -0.336. The van der Waals surface area contributed by atoms with Crippen LogP contribution in [0.2, 0.25) is 0 Å². The van der Waals surface area contributed by atoms with E-state index in [4.69, 9.17) is 14.6 Å². The minimum Gasteiger partial charge on any atom is -0.496 e. The van der Waals surface area contributed by atoms with Crippen molar-refractivity contribution in [3.05, 3.63) is 54.9 Å². The number of fused-ring (bicyclic) bond motifs is 2. The van der Waals surface area contributed by atoms with Crippen molar-refractivity contribution in [3.63, 3.8) is 0 Å². The lowest BCUT2D eigenvalue weighted by atomic mass is 9.93. The van der Waals surface area contributed by atoms with Crippen LogP contribution in [0.25, 0.3) is 44.3 Å². The number of imidazole rings is 1. The Labute approximate surface area is 207 Å². The summed E-state index contributed by atoms with van der Waals surface area (Å²) < 4.78 is 30.5. The van der Waals surface area contributed by atoms with E-state index in [2.05, 4.69) is 22.1 Å². The first-order chi connectivity index (χ1) is 17.5. The Balaban J connectivity index is 1.48. The molecule has 4 heterocycles. The average Bonchev–Trinajstić information content (AvgIpc) is 3.53. The second-order valence-electron chi connectivity index (χ2n) is 9.45. The molecule has 0 bridgehead atoms. The van der Waals surface area contributed by atoms with Gasteiger partial charge >= 0.3 is 0 Å². The molecule has 0 amide bonds. The lowest BCUT2D eigenvalue weighted by Crippen LogP contribution is -2.36. The SMILES string of the molecule is CCn1cnc2c(-c3ccc(F)c(-c4cc5cn(C6(C)CCOCC6)nc5cc4OC)c3)cnnc21. The number of halogens is 1. The standard InChI is InChI=1S/C27H27FN6O2/c1-4-33-16-29-25-21(14-30-31-26(25)33)17-5-6-22(28)19(11-17)20-12-18-15-34(27(2)7-9-36-10-8-27)32-23(18)13-24(20)35-3/h5-6,11-16H,4,7-10H2,1-3H3. The molecule has 1 fully saturated rings. The van der Waals surface area contributed by atoms with Crippen molar-refractivity contribution in [1.29, 1.82) is 0 Å². The molecule has 9 heteroatoms. The second kappa shape index (κ2) is 8.67. The zero-order valence-corrected chi connectivity index (χ0v) is 20.5. The third-order valence-corrected chi connectivity index (χ3v) is 7.26. The molecule has 1 aliphatic heterocycles. The molecule has 0 saturated carbocycles. The fraction of sp³-hybridized carbons (Fsp3) is 0.333. The summed E-state index contributed by atoms with van der Waals surface area (Å²) >= 11 is 0. The molecule has 8 nitrogen and oxygen atoms in total. The molecule has 1 saturated heterocycles. The Kier molecular flexibility index (Phi) is 5.44. The molecule has 0 radical (unpaired) electrons. The molecule has 0 atom stereocenters. The Morgan fingerprint density at radius 2 is 1.94 bits per heavy atom. The van der Waals surface area contributed by atoms with Gasteiger partial charge in [0, 0.05) is 54.1 Å². The van der Waals surface area contributed by atoms with Crippen molar-refractivity contribution >= 4 is 22.1 Å². The summed E-state index contributed by atoms with van der Waals surface area (Å²) in [5.41, 5.74) is 4.84. The highest BCUT2D eigenvalue weighted by molar-refractivity contribution is 5.92. The van der Waals surface area contributed by atoms with E-state index in [1.54, 1.807) is 25.7 Å². The molecule has 36 heavy (non-hydrogen) atoms. The Morgan fingerprint density at radius 1 is 1.11 bits per heavy atom. The van der Waals surface area contributed by atoms with Gasteiger partial charge in [0.1, 0.15) is 17.1 Å². The fourth-order valence-corrected chi connectivity index (χ4v) is 4.96. The molecule has 6 rings (SSSR count). The summed E-state index contributed by atoms with van der Waals surface area (Å²) in [4.78, 5) is 4.54. The van der Waals surface area contributed by atoms with Crippen molar-refractivity contribution in [2.24, 2.45) is 0 Å². The maximum absolute atomic E-state index is 15.3. The largest absolute Gasteiger partial charge is 0.496 e. The van der Waals surface area contributed by atoms with Crippen LogP contribution in [0.1, 0.15) is 26.7 Å². The van der Waals surface area contributed by atoms with Gasteiger partial charge < -0.3 is 14.0 Å². The van der Waals surface area contributed by atoms with Crippen LogP contribution in [0.4, 0.5) is 4.39 Å². The zero-order chi connectivity index (χ0) is 24.9. The Morgan fingerprint density at radius 3 is 2.72 bits per heavy atom. The van der Waals surface area contributed by atoms with Crippen molar-refractivity contribution in [3.8, 4) is 28.0 Å². The quantitative estimate of drug-likeness (QED) is 0.340. The summed E-state index contributed by atoms with van der Waals surface area (Å²) in [6.07, 6.45) is 7.25. The van der Waals surface area contributed by atoms with Gasteiger partial charge in [-0.2, -0.15) is 10.2 Å². The predicted molar refractivity (Wildman–Crippen MR) is 135 cm³/mol. The van der Waals surface area contributed by atoms with Gasteiger partial charge in [-0.05, 0) is 50.5 Å². The zero-order valence-electron chi connectivity index (χ0n) is 20.5. The maximum atomic E-state index is 15.3. The van der Waals surface area contributed by atoms with E-state index in [-0.39, 0.29) is 11.4 Å². The summed E-state index contributed by atoms with van der Waals surface area (Å²) in [6, 6.07) is 8.88. The molecule has 184 valence electrons. The lowest BCUT2D eigenvalue weighted by Gasteiger charge is -2.33. The molecule has 0 spiro atoms. The molecular weight excluding hydrogens is 459 g/mol. The first-order valence-electron chi connectivity index (χ1n) is 12.1. The summed E-state index contributed by atoms with van der Waals surface area (Å²) in [5, 5.41) is 14.2. The Bertz CT molecular complexity index is 1580. The monoisotopic (exact) mass is 486 g/mol. The van der Waals surface area contributed by atoms with Crippen molar-refractivity contribution < 1.29 is 13.9 Å².